The van der Waals surface area contributed by atoms with Crippen LogP contribution in [0, 0.1) is 5.82 Å². The minimum absolute atomic E-state index is 0.168. The Morgan fingerprint density at radius 2 is 1.65 bits per heavy atom. The standard InChI is InChI=1S/C24H18ClFN4S/c25-16-6-10-19(11-7-16)30-23(22(28-24(30)31)20-4-1-2-14-27-20)21-5-3-15-29(21)18-12-8-17(26)9-13-18/h1-15,22-23H,(H,28,31)/t22-,23-/m1/s1. The molecule has 4 aromatic rings. The minimum Gasteiger partial charge on any atom is -0.351 e. The molecule has 0 amide bonds. The van der Waals surface area contributed by atoms with Gasteiger partial charge in [0.15, 0.2) is 5.11 Å². The molecule has 0 spiro atoms. The predicted octanol–water partition coefficient (Wildman–Crippen LogP) is 5.84. The van der Waals surface area contributed by atoms with Crippen molar-refractivity contribution in [2.45, 2.75) is 12.1 Å². The van der Waals surface area contributed by atoms with Gasteiger partial charge >= 0.3 is 0 Å². The van der Waals surface area contributed by atoms with Crippen molar-refractivity contribution in [1.82, 2.24) is 14.9 Å². The molecule has 0 radical (unpaired) electrons. The zero-order valence-corrected chi connectivity index (χ0v) is 17.9. The van der Waals surface area contributed by atoms with E-state index in [4.69, 9.17) is 23.8 Å². The predicted molar refractivity (Wildman–Crippen MR) is 125 cm³/mol. The zero-order valence-electron chi connectivity index (χ0n) is 16.3. The first-order valence-electron chi connectivity index (χ1n) is 9.81. The molecule has 1 N–H and O–H groups in total. The third-order valence-corrected chi connectivity index (χ3v) is 5.96. The smallest absolute Gasteiger partial charge is 0.174 e. The van der Waals surface area contributed by atoms with E-state index in [0.717, 1.165) is 22.8 Å². The molecule has 31 heavy (non-hydrogen) atoms. The van der Waals surface area contributed by atoms with Crippen molar-refractivity contribution in [3.05, 3.63) is 113 Å². The number of benzene rings is 2. The molecule has 1 aliphatic heterocycles. The summed E-state index contributed by atoms with van der Waals surface area (Å²) >= 11 is 11.9. The maximum Gasteiger partial charge on any atom is 0.174 e. The second-order valence-corrected chi connectivity index (χ2v) is 8.08. The lowest BCUT2D eigenvalue weighted by atomic mass is 10.0. The van der Waals surface area contributed by atoms with E-state index >= 15 is 0 Å². The van der Waals surface area contributed by atoms with Gasteiger partial charge in [0.25, 0.3) is 0 Å². The average molecular weight is 449 g/mol. The van der Waals surface area contributed by atoms with Gasteiger partial charge in [-0.25, -0.2) is 4.39 Å². The Kier molecular flexibility index (Phi) is 5.18. The molecule has 154 valence electrons. The van der Waals surface area contributed by atoms with Crippen LogP contribution in [0.5, 0.6) is 0 Å². The molecule has 2 aromatic carbocycles. The van der Waals surface area contributed by atoms with Gasteiger partial charge in [-0.3, -0.25) is 4.98 Å². The monoisotopic (exact) mass is 448 g/mol. The maximum atomic E-state index is 13.5. The number of thiocarbonyl (C=S) groups is 1. The Labute approximate surface area is 189 Å². The maximum absolute atomic E-state index is 13.5. The van der Waals surface area contributed by atoms with Crippen molar-refractivity contribution in [2.75, 3.05) is 4.90 Å². The molecular formula is C24H18ClFN4S. The molecule has 1 saturated heterocycles. The zero-order chi connectivity index (χ0) is 21.4. The van der Waals surface area contributed by atoms with Crippen LogP contribution >= 0.6 is 23.8 Å². The van der Waals surface area contributed by atoms with E-state index < -0.39 is 0 Å². The van der Waals surface area contributed by atoms with Gasteiger partial charge in [0.05, 0.1) is 11.7 Å². The summed E-state index contributed by atoms with van der Waals surface area (Å²) in [5, 5.41) is 4.72. The van der Waals surface area contributed by atoms with Crippen molar-refractivity contribution in [1.29, 1.82) is 0 Å². The molecule has 1 aliphatic rings. The van der Waals surface area contributed by atoms with E-state index in [1.54, 1.807) is 18.3 Å². The third kappa shape index (κ3) is 3.69. The van der Waals surface area contributed by atoms with Crippen molar-refractivity contribution in [3.8, 4) is 5.69 Å². The molecule has 2 atom stereocenters. The molecule has 5 rings (SSSR count). The molecule has 4 nitrogen and oxygen atoms in total. The van der Waals surface area contributed by atoms with Crippen LogP contribution in [-0.2, 0) is 0 Å². The van der Waals surface area contributed by atoms with Gasteiger partial charge in [0.1, 0.15) is 11.9 Å². The number of nitrogens with one attached hydrogen (secondary N) is 1. The first kappa shape index (κ1) is 19.7. The highest BCUT2D eigenvalue weighted by atomic mass is 35.5. The van der Waals surface area contributed by atoms with Gasteiger partial charge in [-0.15, -0.1) is 0 Å². The summed E-state index contributed by atoms with van der Waals surface area (Å²) in [5.74, 6) is -0.268. The van der Waals surface area contributed by atoms with Crippen LogP contribution in [0.1, 0.15) is 23.5 Å². The summed E-state index contributed by atoms with van der Waals surface area (Å²) in [7, 11) is 0. The van der Waals surface area contributed by atoms with Crippen molar-refractivity contribution < 1.29 is 4.39 Å². The largest absolute Gasteiger partial charge is 0.351 e. The molecule has 0 unspecified atom stereocenters. The summed E-state index contributed by atoms with van der Waals surface area (Å²) in [4.78, 5) is 6.67. The van der Waals surface area contributed by atoms with Crippen LogP contribution in [0.2, 0.25) is 5.02 Å². The molecule has 0 aliphatic carbocycles. The van der Waals surface area contributed by atoms with Gasteiger partial charge in [-0.1, -0.05) is 17.7 Å². The number of anilines is 1. The van der Waals surface area contributed by atoms with Crippen LogP contribution in [0.3, 0.4) is 0 Å². The molecule has 7 heteroatoms. The Morgan fingerprint density at radius 3 is 2.35 bits per heavy atom. The highest BCUT2D eigenvalue weighted by molar-refractivity contribution is 7.80. The van der Waals surface area contributed by atoms with Crippen LogP contribution in [-0.4, -0.2) is 14.7 Å². The average Bonchev–Trinajstić information content (AvgIpc) is 3.40. The topological polar surface area (TPSA) is 33.1 Å². The quantitative estimate of drug-likeness (QED) is 0.397. The third-order valence-electron chi connectivity index (χ3n) is 5.39. The number of pyridine rings is 1. The van der Waals surface area contributed by atoms with Gasteiger partial charge in [-0.05, 0) is 85.0 Å². The number of aromatic nitrogens is 2. The first-order valence-corrected chi connectivity index (χ1v) is 10.6. The molecule has 2 aromatic heterocycles. The Bertz CT molecular complexity index is 1210. The summed E-state index contributed by atoms with van der Waals surface area (Å²) in [6.45, 7) is 0. The Balaban J connectivity index is 1.66. The van der Waals surface area contributed by atoms with E-state index in [2.05, 4.69) is 25.8 Å². The van der Waals surface area contributed by atoms with E-state index in [-0.39, 0.29) is 17.9 Å². The number of hydrogen-bond acceptors (Lipinski definition) is 2. The second kappa shape index (κ2) is 8.13. The summed E-state index contributed by atoms with van der Waals surface area (Å²) in [5.41, 5.74) is 3.69. The molecule has 0 saturated carbocycles. The van der Waals surface area contributed by atoms with E-state index in [1.807, 2.05) is 54.7 Å². The van der Waals surface area contributed by atoms with E-state index in [1.165, 1.54) is 12.1 Å². The Hall–Kier alpha value is -3.22. The number of halogens is 2. The highest BCUT2D eigenvalue weighted by Crippen LogP contribution is 2.42. The van der Waals surface area contributed by atoms with Gasteiger partial charge < -0.3 is 14.8 Å². The first-order chi connectivity index (χ1) is 15.1. The van der Waals surface area contributed by atoms with Crippen LogP contribution < -0.4 is 10.2 Å². The van der Waals surface area contributed by atoms with Gasteiger partial charge in [0, 0.05) is 34.5 Å². The molecule has 0 bridgehead atoms. The van der Waals surface area contributed by atoms with Crippen molar-refractivity contribution in [3.63, 3.8) is 0 Å². The lowest BCUT2D eigenvalue weighted by Gasteiger charge is -2.29. The lowest BCUT2D eigenvalue weighted by Crippen LogP contribution is -2.30. The fourth-order valence-corrected chi connectivity index (χ4v) is 4.48. The summed E-state index contributed by atoms with van der Waals surface area (Å²) < 4.78 is 15.6. The number of hydrogen-bond donors (Lipinski definition) is 1. The fraction of sp³-hybridized carbons (Fsp3) is 0.0833. The second-order valence-electron chi connectivity index (χ2n) is 7.25. The number of rotatable bonds is 4. The SMILES string of the molecule is Fc1ccc(-n2cccc2[C@@H]2[C@@H](c3ccccn3)NC(=S)N2c2ccc(Cl)cc2)cc1. The number of nitrogens with zero attached hydrogens (tertiary/aromatic N) is 3. The molecule has 1 fully saturated rings. The minimum atomic E-state index is -0.268. The Morgan fingerprint density at radius 1 is 0.903 bits per heavy atom. The lowest BCUT2D eigenvalue weighted by molar-refractivity contribution is 0.549. The highest BCUT2D eigenvalue weighted by Gasteiger charge is 2.42. The normalized spacial score (nSPS) is 18.3. The van der Waals surface area contributed by atoms with Crippen molar-refractivity contribution in [2.24, 2.45) is 0 Å². The van der Waals surface area contributed by atoms with Crippen LogP contribution in [0.25, 0.3) is 5.69 Å². The van der Waals surface area contributed by atoms with Gasteiger partial charge in [0.2, 0.25) is 0 Å². The van der Waals surface area contributed by atoms with Gasteiger partial charge in [-0.2, -0.15) is 0 Å². The van der Waals surface area contributed by atoms with E-state index in [9.17, 15) is 4.39 Å². The molecular weight excluding hydrogens is 431 g/mol. The van der Waals surface area contributed by atoms with Crippen LogP contribution in [0.15, 0.2) is 91.3 Å². The van der Waals surface area contributed by atoms with Crippen molar-refractivity contribution >= 4 is 34.6 Å². The summed E-state index contributed by atoms with van der Waals surface area (Å²) in [6.07, 6.45) is 3.75. The van der Waals surface area contributed by atoms with E-state index in [0.29, 0.717) is 10.1 Å². The van der Waals surface area contributed by atoms with Crippen LogP contribution in [0.4, 0.5) is 10.1 Å². The molecule has 3 heterocycles. The fourth-order valence-electron chi connectivity index (χ4n) is 4.01. The summed E-state index contributed by atoms with van der Waals surface area (Å²) in [6, 6.07) is 23.6.